The van der Waals surface area contributed by atoms with Crippen molar-refractivity contribution in [3.8, 4) is 0 Å². The number of halogens is 2. The van der Waals surface area contributed by atoms with Gasteiger partial charge in [0.2, 0.25) is 0 Å². The summed E-state index contributed by atoms with van der Waals surface area (Å²) >= 11 is 0. The fourth-order valence-corrected chi connectivity index (χ4v) is 2.29. The van der Waals surface area contributed by atoms with Crippen LogP contribution in [0.15, 0.2) is 48.5 Å². The molecule has 0 saturated carbocycles. The Morgan fingerprint density at radius 2 is 1.62 bits per heavy atom. The van der Waals surface area contributed by atoms with E-state index in [9.17, 15) is 8.78 Å². The van der Waals surface area contributed by atoms with Gasteiger partial charge in [0, 0.05) is 25.2 Å². The lowest BCUT2D eigenvalue weighted by atomic mass is 10.1. The number of hydrogen-bond acceptors (Lipinski definition) is 2. The van der Waals surface area contributed by atoms with Crippen molar-refractivity contribution in [1.82, 2.24) is 10.2 Å². The van der Waals surface area contributed by atoms with E-state index in [0.29, 0.717) is 12.1 Å². The first-order chi connectivity index (χ1) is 10.0. The summed E-state index contributed by atoms with van der Waals surface area (Å²) in [6.07, 6.45) is 0. The van der Waals surface area contributed by atoms with Gasteiger partial charge in [-0.05, 0) is 37.4 Å². The Balaban J connectivity index is 2.08. The molecule has 0 aliphatic carbocycles. The molecule has 0 fully saturated rings. The maximum atomic E-state index is 13.2. The zero-order valence-electron chi connectivity index (χ0n) is 12.3. The molecule has 0 spiro atoms. The van der Waals surface area contributed by atoms with E-state index in [4.69, 9.17) is 0 Å². The first-order valence-corrected chi connectivity index (χ1v) is 6.92. The smallest absolute Gasteiger partial charge is 0.126 e. The third-order valence-corrected chi connectivity index (χ3v) is 3.22. The number of likely N-dealkylation sites (N-methyl/N-ethyl adjacent to an activating group) is 1. The van der Waals surface area contributed by atoms with Crippen molar-refractivity contribution in [3.63, 3.8) is 0 Å². The van der Waals surface area contributed by atoms with E-state index in [2.05, 4.69) is 10.2 Å². The Morgan fingerprint density at radius 1 is 1.00 bits per heavy atom. The van der Waals surface area contributed by atoms with Crippen LogP contribution in [0, 0.1) is 11.6 Å². The first kappa shape index (κ1) is 15.6. The van der Waals surface area contributed by atoms with Gasteiger partial charge in [-0.2, -0.15) is 0 Å². The predicted octanol–water partition coefficient (Wildman–Crippen LogP) is 3.36. The van der Waals surface area contributed by atoms with E-state index in [1.165, 1.54) is 12.1 Å². The first-order valence-electron chi connectivity index (χ1n) is 6.92. The van der Waals surface area contributed by atoms with Crippen molar-refractivity contribution in [3.05, 3.63) is 71.3 Å². The molecular weight excluding hydrogens is 270 g/mol. The van der Waals surface area contributed by atoms with Crippen LogP contribution < -0.4 is 5.32 Å². The molecule has 21 heavy (non-hydrogen) atoms. The van der Waals surface area contributed by atoms with Crippen molar-refractivity contribution >= 4 is 0 Å². The molecule has 0 aromatic heterocycles. The summed E-state index contributed by atoms with van der Waals surface area (Å²) in [5.41, 5.74) is 1.76. The van der Waals surface area contributed by atoms with Gasteiger partial charge in [-0.15, -0.1) is 0 Å². The molecule has 2 rings (SSSR count). The minimum Gasteiger partial charge on any atom is -0.308 e. The lowest BCUT2D eigenvalue weighted by Gasteiger charge is -2.23. The maximum absolute atomic E-state index is 13.2. The molecule has 1 atom stereocenters. The summed E-state index contributed by atoms with van der Waals surface area (Å²) in [4.78, 5) is 2.08. The Bertz CT molecular complexity index is 550. The van der Waals surface area contributed by atoms with E-state index in [-0.39, 0.29) is 6.04 Å². The fourth-order valence-electron chi connectivity index (χ4n) is 2.29. The van der Waals surface area contributed by atoms with Gasteiger partial charge in [-0.3, -0.25) is 0 Å². The van der Waals surface area contributed by atoms with Crippen LogP contribution in [0.2, 0.25) is 0 Å². The van der Waals surface area contributed by atoms with Gasteiger partial charge in [-0.1, -0.05) is 30.3 Å². The second-order valence-corrected chi connectivity index (χ2v) is 5.38. The van der Waals surface area contributed by atoms with Crippen LogP contribution in [0.5, 0.6) is 0 Å². The molecule has 0 aliphatic heterocycles. The van der Waals surface area contributed by atoms with Crippen molar-refractivity contribution in [2.75, 3.05) is 20.6 Å². The summed E-state index contributed by atoms with van der Waals surface area (Å²) < 4.78 is 26.4. The number of rotatable bonds is 6. The van der Waals surface area contributed by atoms with Gasteiger partial charge in [0.25, 0.3) is 0 Å². The van der Waals surface area contributed by atoms with Gasteiger partial charge >= 0.3 is 0 Å². The van der Waals surface area contributed by atoms with Crippen LogP contribution in [-0.2, 0) is 6.54 Å². The molecule has 112 valence electrons. The summed E-state index contributed by atoms with van der Waals surface area (Å²) in [5, 5.41) is 3.36. The molecule has 0 amide bonds. The van der Waals surface area contributed by atoms with Gasteiger partial charge in [0.1, 0.15) is 11.6 Å². The third-order valence-electron chi connectivity index (χ3n) is 3.22. The highest BCUT2D eigenvalue weighted by Gasteiger charge is 2.12. The third kappa shape index (κ3) is 4.92. The lowest BCUT2D eigenvalue weighted by Crippen LogP contribution is -2.31. The van der Waals surface area contributed by atoms with Crippen molar-refractivity contribution in [2.24, 2.45) is 0 Å². The molecule has 0 saturated heterocycles. The Morgan fingerprint density at radius 3 is 2.19 bits per heavy atom. The Hall–Kier alpha value is -1.78. The van der Waals surface area contributed by atoms with Crippen LogP contribution in [0.25, 0.3) is 0 Å². The van der Waals surface area contributed by atoms with E-state index >= 15 is 0 Å². The van der Waals surface area contributed by atoms with E-state index in [1.54, 1.807) is 0 Å². The second-order valence-electron chi connectivity index (χ2n) is 5.38. The van der Waals surface area contributed by atoms with Gasteiger partial charge in [0.05, 0.1) is 0 Å². The van der Waals surface area contributed by atoms with Gasteiger partial charge in [0.15, 0.2) is 0 Å². The van der Waals surface area contributed by atoms with Crippen LogP contribution in [0.1, 0.15) is 17.2 Å². The normalized spacial score (nSPS) is 12.6. The largest absolute Gasteiger partial charge is 0.308 e. The zero-order chi connectivity index (χ0) is 15.2. The average molecular weight is 290 g/mol. The van der Waals surface area contributed by atoms with Gasteiger partial charge in [-0.25, -0.2) is 8.78 Å². The number of hydrogen-bond donors (Lipinski definition) is 1. The molecular formula is C17H20F2N2. The SMILES string of the molecule is CN(C)CC(NCc1cc(F)cc(F)c1)c1ccccc1. The summed E-state index contributed by atoms with van der Waals surface area (Å²) in [7, 11) is 4.00. The highest BCUT2D eigenvalue weighted by molar-refractivity contribution is 5.21. The molecule has 2 nitrogen and oxygen atoms in total. The van der Waals surface area contributed by atoms with Crippen molar-refractivity contribution in [1.29, 1.82) is 0 Å². The molecule has 0 radical (unpaired) electrons. The summed E-state index contributed by atoms with van der Waals surface area (Å²) in [6, 6.07) is 13.7. The van der Waals surface area contributed by atoms with Gasteiger partial charge < -0.3 is 10.2 Å². The van der Waals surface area contributed by atoms with E-state index in [0.717, 1.165) is 18.2 Å². The van der Waals surface area contributed by atoms with E-state index < -0.39 is 11.6 Å². The molecule has 4 heteroatoms. The molecule has 2 aromatic carbocycles. The minimum absolute atomic E-state index is 0.104. The van der Waals surface area contributed by atoms with Crippen LogP contribution in [0.3, 0.4) is 0 Å². The monoisotopic (exact) mass is 290 g/mol. The predicted molar refractivity (Wildman–Crippen MR) is 80.9 cm³/mol. The fraction of sp³-hybridized carbons (Fsp3) is 0.294. The van der Waals surface area contributed by atoms with E-state index in [1.807, 2.05) is 44.4 Å². The minimum atomic E-state index is -0.546. The standard InChI is InChI=1S/C17H20F2N2/c1-21(2)12-17(14-6-4-3-5-7-14)20-11-13-8-15(18)10-16(19)9-13/h3-10,17,20H,11-12H2,1-2H3. The molecule has 1 N–H and O–H groups in total. The highest BCUT2D eigenvalue weighted by atomic mass is 19.1. The average Bonchev–Trinajstić information content (AvgIpc) is 2.43. The molecule has 0 heterocycles. The van der Waals surface area contributed by atoms with Crippen LogP contribution in [-0.4, -0.2) is 25.5 Å². The quantitative estimate of drug-likeness (QED) is 0.877. The molecule has 0 bridgehead atoms. The van der Waals surface area contributed by atoms with Crippen molar-refractivity contribution < 1.29 is 8.78 Å². The lowest BCUT2D eigenvalue weighted by molar-refractivity contribution is 0.340. The van der Waals surface area contributed by atoms with Crippen molar-refractivity contribution in [2.45, 2.75) is 12.6 Å². The number of nitrogens with zero attached hydrogens (tertiary/aromatic N) is 1. The maximum Gasteiger partial charge on any atom is 0.126 e. The summed E-state index contributed by atoms with van der Waals surface area (Å²) in [5.74, 6) is -1.09. The Kier molecular flexibility index (Phi) is 5.42. The number of benzene rings is 2. The summed E-state index contributed by atoms with van der Waals surface area (Å²) in [6.45, 7) is 1.23. The molecule has 2 aromatic rings. The van der Waals surface area contributed by atoms with Crippen LogP contribution in [0.4, 0.5) is 8.78 Å². The number of nitrogens with one attached hydrogen (secondary N) is 1. The topological polar surface area (TPSA) is 15.3 Å². The van der Waals surface area contributed by atoms with Crippen LogP contribution >= 0.6 is 0 Å². The molecule has 0 aliphatic rings. The Labute approximate surface area is 124 Å². The zero-order valence-corrected chi connectivity index (χ0v) is 12.3. The second kappa shape index (κ2) is 7.29. The molecule has 1 unspecified atom stereocenters. The highest BCUT2D eigenvalue weighted by Crippen LogP contribution is 2.15.